The molecule has 0 saturated heterocycles. The first kappa shape index (κ1) is 44.8. The Kier molecular flexibility index (Phi) is 19.7. The molecule has 1 aliphatic heterocycles. The molecule has 0 atom stereocenters. The molecule has 3 aromatic carbocycles. The van der Waals surface area contributed by atoms with E-state index in [0.717, 1.165) is 71.0 Å². The third kappa shape index (κ3) is 16.9. The lowest BCUT2D eigenvalue weighted by molar-refractivity contribution is -0.133. The molecule has 9 heteroatoms. The summed E-state index contributed by atoms with van der Waals surface area (Å²) >= 11 is 0. The van der Waals surface area contributed by atoms with Crippen LogP contribution in [-0.4, -0.2) is 61.5 Å². The van der Waals surface area contributed by atoms with Crippen molar-refractivity contribution in [3.05, 3.63) is 88.0 Å². The van der Waals surface area contributed by atoms with E-state index in [0.29, 0.717) is 44.9 Å². The Hall–Kier alpha value is -4.37. The SMILES string of the molecule is CC(C)CC=O.CCC(C)C.CNc1cc2cc(c1)CN(C=O)Cc1cc(cc(NC)c1)CN(C(=O)CC(C)C)Cc1cc(cc(NC)c1)CN(C)C2. The molecule has 0 aromatic heterocycles. The number of amides is 2. The molecule has 0 aliphatic carbocycles. The smallest absolute Gasteiger partial charge is 0.223 e. The van der Waals surface area contributed by atoms with Crippen LogP contribution in [0.4, 0.5) is 17.1 Å². The number of benzene rings is 3. The Balaban J connectivity index is 0.000000771. The van der Waals surface area contributed by atoms with Crippen LogP contribution in [0.1, 0.15) is 101 Å². The van der Waals surface area contributed by atoms with E-state index < -0.39 is 0 Å². The van der Waals surface area contributed by atoms with Crippen LogP contribution >= 0.6 is 0 Å². The third-order valence-electron chi connectivity index (χ3n) is 8.92. The highest BCUT2D eigenvalue weighted by atomic mass is 16.2. The lowest BCUT2D eigenvalue weighted by Crippen LogP contribution is -2.31. The van der Waals surface area contributed by atoms with Crippen LogP contribution in [0.2, 0.25) is 0 Å². The summed E-state index contributed by atoms with van der Waals surface area (Å²) < 4.78 is 0. The fourth-order valence-corrected chi connectivity index (χ4v) is 5.89. The van der Waals surface area contributed by atoms with Gasteiger partial charge in [0.2, 0.25) is 12.3 Å². The number of rotatable bonds is 9. The Morgan fingerprint density at radius 2 is 0.962 bits per heavy atom. The highest BCUT2D eigenvalue weighted by molar-refractivity contribution is 5.76. The van der Waals surface area contributed by atoms with E-state index in [4.69, 9.17) is 0 Å². The van der Waals surface area contributed by atoms with Gasteiger partial charge in [-0.05, 0) is 94.6 Å². The number of nitrogens with zero attached hydrogens (tertiary/aromatic N) is 3. The molecule has 53 heavy (non-hydrogen) atoms. The predicted molar refractivity (Wildman–Crippen MR) is 223 cm³/mol. The lowest BCUT2D eigenvalue weighted by Gasteiger charge is -2.26. The van der Waals surface area contributed by atoms with Gasteiger partial charge in [-0.2, -0.15) is 0 Å². The highest BCUT2D eigenvalue weighted by Gasteiger charge is 2.19. The second-order valence-corrected chi connectivity index (χ2v) is 15.5. The van der Waals surface area contributed by atoms with Crippen LogP contribution in [0.15, 0.2) is 54.6 Å². The van der Waals surface area contributed by atoms with Crippen LogP contribution in [0.25, 0.3) is 0 Å². The topological polar surface area (TPSA) is 97.0 Å². The molecule has 3 aromatic rings. The lowest BCUT2D eigenvalue weighted by atomic mass is 10.0. The van der Waals surface area contributed by atoms with Gasteiger partial charge in [0, 0.05) is 90.3 Å². The number of aldehydes is 1. The van der Waals surface area contributed by atoms with Crippen molar-refractivity contribution in [1.29, 1.82) is 0 Å². The van der Waals surface area contributed by atoms with Crippen molar-refractivity contribution < 1.29 is 14.4 Å². The number of anilines is 3. The largest absolute Gasteiger partial charge is 0.388 e. The minimum Gasteiger partial charge on any atom is -0.388 e. The molecule has 3 N–H and O–H groups in total. The maximum Gasteiger partial charge on any atom is 0.223 e. The summed E-state index contributed by atoms with van der Waals surface area (Å²) in [6.07, 6.45) is 4.36. The Labute approximate surface area is 320 Å². The molecule has 2 amide bonds. The van der Waals surface area contributed by atoms with Gasteiger partial charge in [-0.1, -0.05) is 73.1 Å². The van der Waals surface area contributed by atoms with E-state index in [9.17, 15) is 14.4 Å². The first-order chi connectivity index (χ1) is 25.2. The molecule has 0 fully saturated rings. The summed E-state index contributed by atoms with van der Waals surface area (Å²) in [6, 6.07) is 19.3. The molecule has 4 rings (SSSR count). The standard InChI is InChI=1S/C34H46N6O2.C5H10O.C5H12/c1-24(2)7-34(42)40-21-29-9-26(12-32(15-29)36-4)18-38(6)17-25-8-27(13-31(11-25)35-3)19-39(23-41)20-28-10-30(22-40)16-33(14-28)37-5;1-5(2)3-4-6;1-4-5(2)3/h8-16,23-24,35-37H,7,17-22H2,1-6H3;4-5H,3H2,1-2H3;5H,4H2,1-3H3. The molecule has 0 spiro atoms. The molecular formula is C44H68N6O3. The van der Waals surface area contributed by atoms with E-state index in [1.165, 1.54) is 17.5 Å². The van der Waals surface area contributed by atoms with Crippen LogP contribution in [0.3, 0.4) is 0 Å². The fraction of sp³-hybridized carbons (Fsp3) is 0.523. The van der Waals surface area contributed by atoms with E-state index in [1.54, 1.807) is 4.90 Å². The van der Waals surface area contributed by atoms with Crippen LogP contribution in [0, 0.1) is 17.8 Å². The summed E-state index contributed by atoms with van der Waals surface area (Å²) in [5, 5.41) is 9.86. The second kappa shape index (κ2) is 23.3. The molecule has 0 radical (unpaired) electrons. The number of fused-ring (bicyclic) bond motifs is 6. The van der Waals surface area contributed by atoms with Gasteiger partial charge >= 0.3 is 0 Å². The molecule has 1 aliphatic rings. The highest BCUT2D eigenvalue weighted by Crippen LogP contribution is 2.25. The van der Waals surface area contributed by atoms with Crippen molar-refractivity contribution in [2.75, 3.05) is 44.1 Å². The number of nitrogens with one attached hydrogen (secondary N) is 3. The number of carbonyl (C=O) groups is 3. The van der Waals surface area contributed by atoms with Gasteiger partial charge in [0.05, 0.1) is 0 Å². The monoisotopic (exact) mass is 729 g/mol. The normalized spacial score (nSPS) is 13.5. The zero-order valence-electron chi connectivity index (χ0n) is 34.5. The number of hydrogen-bond acceptors (Lipinski definition) is 7. The zero-order chi connectivity index (χ0) is 39.5. The van der Waals surface area contributed by atoms with Crippen molar-refractivity contribution in [2.24, 2.45) is 17.8 Å². The second-order valence-electron chi connectivity index (χ2n) is 15.5. The molecule has 6 bridgehead atoms. The van der Waals surface area contributed by atoms with Crippen LogP contribution < -0.4 is 16.0 Å². The van der Waals surface area contributed by atoms with Gasteiger partial charge in [-0.3, -0.25) is 14.5 Å². The average molecular weight is 729 g/mol. The van der Waals surface area contributed by atoms with E-state index in [-0.39, 0.29) is 11.8 Å². The van der Waals surface area contributed by atoms with Gasteiger partial charge < -0.3 is 30.5 Å². The molecule has 0 saturated carbocycles. The first-order valence-corrected chi connectivity index (χ1v) is 19.2. The van der Waals surface area contributed by atoms with Gasteiger partial charge in [-0.15, -0.1) is 0 Å². The van der Waals surface area contributed by atoms with Crippen LogP contribution in [0.5, 0.6) is 0 Å². The predicted octanol–water partition coefficient (Wildman–Crippen LogP) is 8.77. The summed E-state index contributed by atoms with van der Waals surface area (Å²) in [4.78, 5) is 41.5. The molecule has 292 valence electrons. The van der Waals surface area contributed by atoms with E-state index in [2.05, 4.69) is 117 Å². The molecule has 9 nitrogen and oxygen atoms in total. The Bertz CT molecular complexity index is 1570. The van der Waals surface area contributed by atoms with Crippen LogP contribution in [-0.2, 0) is 53.7 Å². The third-order valence-corrected chi connectivity index (χ3v) is 8.92. The average Bonchev–Trinajstić information content (AvgIpc) is 3.10. The van der Waals surface area contributed by atoms with Crippen molar-refractivity contribution in [3.8, 4) is 0 Å². The minimum atomic E-state index is 0.137. The number of hydrogen-bond donors (Lipinski definition) is 3. The van der Waals surface area contributed by atoms with Crippen molar-refractivity contribution >= 4 is 35.7 Å². The quantitative estimate of drug-likeness (QED) is 0.190. The zero-order valence-corrected chi connectivity index (χ0v) is 34.5. The summed E-state index contributed by atoms with van der Waals surface area (Å²) in [5.74, 6) is 1.81. The number of carbonyl (C=O) groups excluding carboxylic acids is 3. The Morgan fingerprint density at radius 3 is 1.23 bits per heavy atom. The maximum absolute atomic E-state index is 13.6. The summed E-state index contributed by atoms with van der Waals surface area (Å²) in [5.41, 5.74) is 9.62. The van der Waals surface area contributed by atoms with Crippen molar-refractivity contribution in [1.82, 2.24) is 14.7 Å². The first-order valence-electron chi connectivity index (χ1n) is 19.2. The summed E-state index contributed by atoms with van der Waals surface area (Å²) in [6.45, 7) is 18.3. The Morgan fingerprint density at radius 1 is 0.604 bits per heavy atom. The van der Waals surface area contributed by atoms with E-state index in [1.807, 2.05) is 39.9 Å². The van der Waals surface area contributed by atoms with Crippen molar-refractivity contribution in [3.63, 3.8) is 0 Å². The molecule has 1 heterocycles. The molecular weight excluding hydrogens is 661 g/mol. The van der Waals surface area contributed by atoms with E-state index >= 15 is 0 Å². The fourth-order valence-electron chi connectivity index (χ4n) is 5.89. The van der Waals surface area contributed by atoms with Gasteiger partial charge in [0.25, 0.3) is 0 Å². The summed E-state index contributed by atoms with van der Waals surface area (Å²) in [7, 11) is 7.88. The van der Waals surface area contributed by atoms with Crippen molar-refractivity contribution in [2.45, 2.75) is 107 Å². The maximum atomic E-state index is 13.6. The minimum absolute atomic E-state index is 0.137. The van der Waals surface area contributed by atoms with Gasteiger partial charge in [-0.25, -0.2) is 0 Å². The van der Waals surface area contributed by atoms with Gasteiger partial charge in [0.15, 0.2) is 0 Å². The van der Waals surface area contributed by atoms with Gasteiger partial charge in [0.1, 0.15) is 6.29 Å². The molecule has 0 unspecified atom stereocenters.